The molecule has 0 saturated heterocycles. The number of hydrogen-bond donors (Lipinski definition) is 2. The van der Waals surface area contributed by atoms with Crippen LogP contribution < -0.4 is 15.6 Å². The molecular formula is C19H21ClN2O3. The number of carbonyl (C=O) groups is 2. The van der Waals surface area contributed by atoms with E-state index >= 15 is 0 Å². The summed E-state index contributed by atoms with van der Waals surface area (Å²) >= 11 is 5.83. The van der Waals surface area contributed by atoms with Crippen LogP contribution in [0.5, 0.6) is 5.75 Å². The molecule has 0 spiro atoms. The van der Waals surface area contributed by atoms with Crippen LogP contribution >= 0.6 is 11.6 Å². The molecule has 2 amide bonds. The van der Waals surface area contributed by atoms with Crippen molar-refractivity contribution in [1.82, 2.24) is 10.9 Å². The van der Waals surface area contributed by atoms with Crippen molar-refractivity contribution >= 4 is 23.4 Å². The van der Waals surface area contributed by atoms with E-state index in [0.717, 1.165) is 24.2 Å². The number of hydrazine groups is 1. The highest BCUT2D eigenvalue weighted by Crippen LogP contribution is 2.17. The summed E-state index contributed by atoms with van der Waals surface area (Å²) in [4.78, 5) is 23.5. The van der Waals surface area contributed by atoms with Crippen molar-refractivity contribution in [2.45, 2.75) is 32.8 Å². The average Bonchev–Trinajstić information content (AvgIpc) is 2.64. The lowest BCUT2D eigenvalue weighted by atomic mass is 10.1. The summed E-state index contributed by atoms with van der Waals surface area (Å²) in [6.45, 7) is 2.39. The summed E-state index contributed by atoms with van der Waals surface area (Å²) in [5.74, 6) is 0.180. The molecule has 0 fully saturated rings. The number of amides is 2. The average molecular weight is 361 g/mol. The topological polar surface area (TPSA) is 67.4 Å². The van der Waals surface area contributed by atoms with Crippen LogP contribution in [0, 0.1) is 0 Å². The highest BCUT2D eigenvalue weighted by molar-refractivity contribution is 6.30. The monoisotopic (exact) mass is 360 g/mol. The predicted molar refractivity (Wildman–Crippen MR) is 97.4 cm³/mol. The second kappa shape index (κ2) is 9.69. The Kier molecular flexibility index (Phi) is 7.29. The van der Waals surface area contributed by atoms with Crippen molar-refractivity contribution in [2.75, 3.05) is 0 Å². The van der Waals surface area contributed by atoms with Crippen LogP contribution in [0.1, 0.15) is 42.1 Å². The van der Waals surface area contributed by atoms with Crippen molar-refractivity contribution in [1.29, 1.82) is 0 Å². The molecule has 0 aliphatic carbocycles. The maximum atomic E-state index is 12.0. The van der Waals surface area contributed by atoms with E-state index in [-0.39, 0.29) is 11.8 Å². The van der Waals surface area contributed by atoms with Crippen LogP contribution in [0.15, 0.2) is 48.5 Å². The number of unbranched alkanes of at least 4 members (excludes halogenated alkanes) is 1. The summed E-state index contributed by atoms with van der Waals surface area (Å²) < 4.78 is 5.65. The van der Waals surface area contributed by atoms with Gasteiger partial charge in [0.15, 0.2) is 0 Å². The molecule has 2 N–H and O–H groups in total. The first kappa shape index (κ1) is 18.8. The minimum Gasteiger partial charge on any atom is -0.489 e. The van der Waals surface area contributed by atoms with Crippen LogP contribution in [0.3, 0.4) is 0 Å². The van der Waals surface area contributed by atoms with Crippen molar-refractivity contribution in [3.8, 4) is 5.75 Å². The summed E-state index contributed by atoms with van der Waals surface area (Å²) in [6, 6.07) is 14.1. The molecule has 0 heterocycles. The van der Waals surface area contributed by atoms with Crippen molar-refractivity contribution in [3.63, 3.8) is 0 Å². The van der Waals surface area contributed by atoms with Gasteiger partial charge >= 0.3 is 0 Å². The van der Waals surface area contributed by atoms with Crippen LogP contribution in [0.2, 0.25) is 5.02 Å². The van der Waals surface area contributed by atoms with Gasteiger partial charge in [-0.2, -0.15) is 0 Å². The molecule has 6 heteroatoms. The Balaban J connectivity index is 1.81. The first-order chi connectivity index (χ1) is 12.1. The van der Waals surface area contributed by atoms with Gasteiger partial charge < -0.3 is 4.74 Å². The van der Waals surface area contributed by atoms with Crippen LogP contribution in [0.25, 0.3) is 0 Å². The van der Waals surface area contributed by atoms with Gasteiger partial charge in [0.05, 0.1) is 0 Å². The lowest BCUT2D eigenvalue weighted by Gasteiger charge is -2.09. The third-order valence-corrected chi connectivity index (χ3v) is 3.76. The second-order valence-corrected chi connectivity index (χ2v) is 5.98. The molecule has 0 bridgehead atoms. The Hall–Kier alpha value is -2.53. The molecule has 0 aliphatic rings. The predicted octanol–water partition coefficient (Wildman–Crippen LogP) is 3.87. The zero-order valence-corrected chi connectivity index (χ0v) is 14.8. The number of rotatable bonds is 7. The standard InChI is InChI=1S/C19H21ClN2O3/c1-2-3-4-18(23)21-22-19(24)15-7-5-14(6-8-15)13-25-17-11-9-16(20)10-12-17/h5-12H,2-4,13H2,1H3,(H,21,23)(H,22,24). The van der Waals surface area contributed by atoms with E-state index in [1.807, 2.05) is 19.1 Å². The zero-order valence-electron chi connectivity index (χ0n) is 14.0. The van der Waals surface area contributed by atoms with E-state index in [2.05, 4.69) is 10.9 Å². The Morgan fingerprint density at radius 2 is 1.68 bits per heavy atom. The molecule has 25 heavy (non-hydrogen) atoms. The fraction of sp³-hybridized carbons (Fsp3) is 0.263. The first-order valence-electron chi connectivity index (χ1n) is 8.15. The fourth-order valence-electron chi connectivity index (χ4n) is 2.05. The van der Waals surface area contributed by atoms with Gasteiger partial charge in [-0.05, 0) is 48.4 Å². The highest BCUT2D eigenvalue weighted by Gasteiger charge is 2.07. The SMILES string of the molecule is CCCCC(=O)NNC(=O)c1ccc(COc2ccc(Cl)cc2)cc1. The quantitative estimate of drug-likeness (QED) is 0.736. The van der Waals surface area contributed by atoms with E-state index in [9.17, 15) is 9.59 Å². The van der Waals surface area contributed by atoms with E-state index in [0.29, 0.717) is 23.6 Å². The van der Waals surface area contributed by atoms with Gasteiger partial charge in [-0.15, -0.1) is 0 Å². The second-order valence-electron chi connectivity index (χ2n) is 5.55. The number of ether oxygens (including phenoxy) is 1. The van der Waals surface area contributed by atoms with Crippen LogP contribution in [0.4, 0.5) is 0 Å². The lowest BCUT2D eigenvalue weighted by molar-refractivity contribution is -0.121. The number of halogens is 1. The molecular weight excluding hydrogens is 340 g/mol. The fourth-order valence-corrected chi connectivity index (χ4v) is 2.17. The van der Waals surface area contributed by atoms with Gasteiger partial charge in [0.2, 0.25) is 5.91 Å². The molecule has 0 aliphatic heterocycles. The van der Waals surface area contributed by atoms with Crippen LogP contribution in [-0.2, 0) is 11.4 Å². The number of benzene rings is 2. The smallest absolute Gasteiger partial charge is 0.269 e. The van der Waals surface area contributed by atoms with E-state index < -0.39 is 0 Å². The summed E-state index contributed by atoms with van der Waals surface area (Å²) in [5.41, 5.74) is 6.21. The molecule has 2 aromatic carbocycles. The van der Waals surface area contributed by atoms with Crippen molar-refractivity contribution in [3.05, 3.63) is 64.7 Å². The molecule has 0 atom stereocenters. The van der Waals surface area contributed by atoms with Gasteiger partial charge in [-0.25, -0.2) is 0 Å². The van der Waals surface area contributed by atoms with E-state index in [1.165, 1.54) is 0 Å². The molecule has 132 valence electrons. The third kappa shape index (κ3) is 6.47. The number of hydrogen-bond acceptors (Lipinski definition) is 3. The summed E-state index contributed by atoms with van der Waals surface area (Å²) in [6.07, 6.45) is 2.13. The highest BCUT2D eigenvalue weighted by atomic mass is 35.5. The Labute approximate surface area is 152 Å². The maximum absolute atomic E-state index is 12.0. The van der Waals surface area contributed by atoms with E-state index in [1.54, 1.807) is 36.4 Å². The first-order valence-corrected chi connectivity index (χ1v) is 8.52. The van der Waals surface area contributed by atoms with Gasteiger partial charge in [0, 0.05) is 17.0 Å². The van der Waals surface area contributed by atoms with Crippen molar-refractivity contribution in [2.24, 2.45) is 0 Å². The molecule has 0 aromatic heterocycles. The maximum Gasteiger partial charge on any atom is 0.269 e. The minimum atomic E-state index is -0.352. The molecule has 2 rings (SSSR count). The largest absolute Gasteiger partial charge is 0.489 e. The van der Waals surface area contributed by atoms with Gasteiger partial charge in [0.25, 0.3) is 5.91 Å². The third-order valence-electron chi connectivity index (χ3n) is 3.51. The van der Waals surface area contributed by atoms with Gasteiger partial charge in [-0.3, -0.25) is 20.4 Å². The number of carbonyl (C=O) groups excluding carboxylic acids is 2. The number of nitrogens with one attached hydrogen (secondary N) is 2. The van der Waals surface area contributed by atoms with Crippen LogP contribution in [-0.4, -0.2) is 11.8 Å². The Bertz CT molecular complexity index is 700. The summed E-state index contributed by atoms with van der Waals surface area (Å²) in [7, 11) is 0. The normalized spacial score (nSPS) is 10.2. The zero-order chi connectivity index (χ0) is 18.1. The molecule has 2 aromatic rings. The lowest BCUT2D eigenvalue weighted by Crippen LogP contribution is -2.41. The van der Waals surface area contributed by atoms with Gasteiger partial charge in [0.1, 0.15) is 12.4 Å². The van der Waals surface area contributed by atoms with E-state index in [4.69, 9.17) is 16.3 Å². The Morgan fingerprint density at radius 3 is 2.32 bits per heavy atom. The minimum absolute atomic E-state index is 0.191. The van der Waals surface area contributed by atoms with Crippen molar-refractivity contribution < 1.29 is 14.3 Å². The summed E-state index contributed by atoms with van der Waals surface area (Å²) in [5, 5.41) is 0.657. The molecule has 0 unspecified atom stereocenters. The molecule has 0 radical (unpaired) electrons. The van der Waals surface area contributed by atoms with Gasteiger partial charge in [-0.1, -0.05) is 37.1 Å². The molecule has 0 saturated carbocycles. The Morgan fingerprint density at radius 1 is 1.00 bits per heavy atom. The molecule has 5 nitrogen and oxygen atoms in total.